The topological polar surface area (TPSA) is 56.1 Å². The molecule has 0 aliphatic carbocycles. The minimum atomic E-state index is -3.50. The fourth-order valence-corrected chi connectivity index (χ4v) is 4.60. The van der Waals surface area contributed by atoms with Gasteiger partial charge in [0.1, 0.15) is 0 Å². The molecule has 0 unspecified atom stereocenters. The number of unbranched alkanes of at least 4 members (excludes halogenated alkanes) is 8. The Bertz CT molecular complexity index is 809. The third-order valence-electron chi connectivity index (χ3n) is 5.01. The van der Waals surface area contributed by atoms with E-state index < -0.39 is 10.0 Å². The first kappa shape index (κ1) is 22.4. The van der Waals surface area contributed by atoms with Crippen LogP contribution in [0.3, 0.4) is 0 Å². The van der Waals surface area contributed by atoms with Crippen molar-refractivity contribution >= 4 is 15.8 Å². The lowest BCUT2D eigenvalue weighted by atomic mass is 10.0. The highest BCUT2D eigenvalue weighted by Gasteiger charge is 2.16. The van der Waals surface area contributed by atoms with E-state index in [0.717, 1.165) is 18.4 Å². The SMILES string of the molecule is CCCCCCCCCCCC(=O)c1ccn(S(=O)(=O)Cc2ccccc2)c1. The van der Waals surface area contributed by atoms with Crippen molar-refractivity contribution in [1.29, 1.82) is 0 Å². The van der Waals surface area contributed by atoms with Gasteiger partial charge in [-0.05, 0) is 18.1 Å². The quantitative estimate of drug-likeness (QED) is 0.288. The van der Waals surface area contributed by atoms with Gasteiger partial charge >= 0.3 is 0 Å². The number of carbonyl (C=O) groups is 1. The molecule has 1 aromatic heterocycles. The molecule has 154 valence electrons. The maximum atomic E-state index is 12.5. The van der Waals surface area contributed by atoms with E-state index in [4.69, 9.17) is 0 Å². The summed E-state index contributed by atoms with van der Waals surface area (Å²) in [4.78, 5) is 12.3. The summed E-state index contributed by atoms with van der Waals surface area (Å²) in [6.45, 7) is 2.23. The van der Waals surface area contributed by atoms with E-state index >= 15 is 0 Å². The number of rotatable bonds is 14. The summed E-state index contributed by atoms with van der Waals surface area (Å²) in [6.07, 6.45) is 14.3. The summed E-state index contributed by atoms with van der Waals surface area (Å²) in [5, 5.41) is 0. The van der Waals surface area contributed by atoms with E-state index in [2.05, 4.69) is 6.92 Å². The highest BCUT2D eigenvalue weighted by molar-refractivity contribution is 7.89. The molecule has 0 fully saturated rings. The molecule has 0 spiro atoms. The Hall–Kier alpha value is -1.88. The zero-order chi connectivity index (χ0) is 20.2. The number of carbonyl (C=O) groups excluding carboxylic acids is 1. The molecule has 0 radical (unpaired) electrons. The van der Waals surface area contributed by atoms with E-state index in [9.17, 15) is 13.2 Å². The Morgan fingerprint density at radius 1 is 0.857 bits per heavy atom. The molecule has 5 heteroatoms. The largest absolute Gasteiger partial charge is 0.294 e. The maximum Gasteiger partial charge on any atom is 0.242 e. The van der Waals surface area contributed by atoms with E-state index in [1.807, 2.05) is 18.2 Å². The van der Waals surface area contributed by atoms with E-state index in [1.54, 1.807) is 18.2 Å². The number of benzene rings is 1. The van der Waals surface area contributed by atoms with Crippen molar-refractivity contribution in [2.24, 2.45) is 0 Å². The van der Waals surface area contributed by atoms with Gasteiger partial charge in [-0.3, -0.25) is 8.77 Å². The number of aromatic nitrogens is 1. The van der Waals surface area contributed by atoms with E-state index in [0.29, 0.717) is 12.0 Å². The van der Waals surface area contributed by atoms with Gasteiger partial charge in [-0.1, -0.05) is 88.6 Å². The van der Waals surface area contributed by atoms with E-state index in [-0.39, 0.29) is 11.5 Å². The molecule has 0 saturated carbocycles. The van der Waals surface area contributed by atoms with Crippen LogP contribution in [-0.2, 0) is 15.8 Å². The second-order valence-electron chi connectivity index (χ2n) is 7.47. The zero-order valence-electron chi connectivity index (χ0n) is 17.0. The summed E-state index contributed by atoms with van der Waals surface area (Å²) in [5.74, 6) is -0.0504. The van der Waals surface area contributed by atoms with Crippen LogP contribution >= 0.6 is 0 Å². The van der Waals surface area contributed by atoms with Crippen LogP contribution in [0.5, 0.6) is 0 Å². The fraction of sp³-hybridized carbons (Fsp3) is 0.522. The lowest BCUT2D eigenvalue weighted by molar-refractivity contribution is 0.0979. The smallest absolute Gasteiger partial charge is 0.242 e. The van der Waals surface area contributed by atoms with Gasteiger partial charge in [-0.25, -0.2) is 8.42 Å². The van der Waals surface area contributed by atoms with Crippen LogP contribution in [0.25, 0.3) is 0 Å². The van der Waals surface area contributed by atoms with Crippen LogP contribution in [0.15, 0.2) is 48.8 Å². The third-order valence-corrected chi connectivity index (χ3v) is 6.58. The molecule has 0 saturated heterocycles. The van der Waals surface area contributed by atoms with Crippen molar-refractivity contribution in [2.45, 2.75) is 76.9 Å². The second-order valence-corrected chi connectivity index (χ2v) is 9.35. The van der Waals surface area contributed by atoms with E-state index in [1.165, 1.54) is 61.3 Å². The second kappa shape index (κ2) is 11.8. The number of ketones is 1. The number of hydrogen-bond acceptors (Lipinski definition) is 3. The van der Waals surface area contributed by atoms with Gasteiger partial charge in [0.15, 0.2) is 5.78 Å². The predicted octanol–water partition coefficient (Wildman–Crippen LogP) is 5.97. The summed E-state index contributed by atoms with van der Waals surface area (Å²) >= 11 is 0. The van der Waals surface area contributed by atoms with Crippen LogP contribution < -0.4 is 0 Å². The van der Waals surface area contributed by atoms with Crippen molar-refractivity contribution < 1.29 is 13.2 Å². The first-order valence-electron chi connectivity index (χ1n) is 10.5. The molecular weight excluding hydrogens is 370 g/mol. The van der Waals surface area contributed by atoms with Gasteiger partial charge in [0.05, 0.1) is 5.75 Å². The molecule has 4 nitrogen and oxygen atoms in total. The number of hydrogen-bond donors (Lipinski definition) is 0. The minimum Gasteiger partial charge on any atom is -0.294 e. The van der Waals surface area contributed by atoms with Crippen molar-refractivity contribution in [1.82, 2.24) is 3.97 Å². The highest BCUT2D eigenvalue weighted by Crippen LogP contribution is 2.15. The molecule has 0 aliphatic heterocycles. The molecular formula is C23H33NO3S. The molecule has 0 aliphatic rings. The summed E-state index contributed by atoms with van der Waals surface area (Å²) < 4.78 is 26.2. The molecule has 2 aromatic rings. The lowest BCUT2D eigenvalue weighted by Gasteiger charge is -2.05. The predicted molar refractivity (Wildman–Crippen MR) is 115 cm³/mol. The standard InChI is InChI=1S/C23H33NO3S/c1-2-3-4-5-6-7-8-9-13-16-23(25)22-17-18-24(19-22)28(26,27)20-21-14-11-10-12-15-21/h10-12,14-15,17-19H,2-9,13,16,20H2,1H3. The molecule has 1 aromatic carbocycles. The molecule has 0 amide bonds. The Morgan fingerprint density at radius 3 is 2.11 bits per heavy atom. The Morgan fingerprint density at radius 2 is 1.46 bits per heavy atom. The van der Waals surface area contributed by atoms with Crippen molar-refractivity contribution in [2.75, 3.05) is 0 Å². The molecule has 28 heavy (non-hydrogen) atoms. The number of nitrogens with zero attached hydrogens (tertiary/aromatic N) is 1. The Labute approximate surface area is 170 Å². The van der Waals surface area contributed by atoms with Crippen molar-refractivity contribution in [3.63, 3.8) is 0 Å². The first-order chi connectivity index (χ1) is 13.5. The lowest BCUT2D eigenvalue weighted by Crippen LogP contribution is -2.13. The van der Waals surface area contributed by atoms with Gasteiger partial charge in [-0.15, -0.1) is 0 Å². The zero-order valence-corrected chi connectivity index (χ0v) is 17.8. The molecule has 0 N–H and O–H groups in total. The normalized spacial score (nSPS) is 11.6. The summed E-state index contributed by atoms with van der Waals surface area (Å²) in [6, 6.07) is 10.7. The highest BCUT2D eigenvalue weighted by atomic mass is 32.2. The summed E-state index contributed by atoms with van der Waals surface area (Å²) in [5.41, 5.74) is 1.22. The van der Waals surface area contributed by atoms with Gasteiger partial charge in [0, 0.05) is 24.4 Å². The monoisotopic (exact) mass is 403 g/mol. The average molecular weight is 404 g/mol. The van der Waals surface area contributed by atoms with Gasteiger partial charge in [0.25, 0.3) is 0 Å². The van der Waals surface area contributed by atoms with Gasteiger partial charge < -0.3 is 0 Å². The van der Waals surface area contributed by atoms with Crippen molar-refractivity contribution in [3.8, 4) is 0 Å². The fourth-order valence-electron chi connectivity index (χ4n) is 3.31. The van der Waals surface area contributed by atoms with Crippen LogP contribution in [0.1, 0.15) is 87.1 Å². The minimum absolute atomic E-state index is 0.0246. The molecule has 0 atom stereocenters. The van der Waals surface area contributed by atoms with Crippen LogP contribution in [0, 0.1) is 0 Å². The average Bonchev–Trinajstić information content (AvgIpc) is 3.18. The third kappa shape index (κ3) is 7.63. The number of Topliss-reactive ketones (excluding diaryl/α,β-unsaturated/α-hetero) is 1. The molecule has 0 bridgehead atoms. The first-order valence-corrected chi connectivity index (χ1v) is 12.1. The Balaban J connectivity index is 1.73. The Kier molecular flexibility index (Phi) is 9.48. The van der Waals surface area contributed by atoms with Crippen LogP contribution in [0.4, 0.5) is 0 Å². The summed E-state index contributed by atoms with van der Waals surface area (Å²) in [7, 11) is -3.50. The molecule has 2 rings (SSSR count). The van der Waals surface area contributed by atoms with Crippen molar-refractivity contribution in [3.05, 3.63) is 59.9 Å². The maximum absolute atomic E-state index is 12.5. The van der Waals surface area contributed by atoms with Gasteiger partial charge in [-0.2, -0.15) is 0 Å². The van der Waals surface area contributed by atoms with Crippen LogP contribution in [-0.4, -0.2) is 18.2 Å². The van der Waals surface area contributed by atoms with Crippen LogP contribution in [0.2, 0.25) is 0 Å². The van der Waals surface area contributed by atoms with Gasteiger partial charge in [0.2, 0.25) is 10.0 Å². The molecule has 1 heterocycles.